The molecule has 0 radical (unpaired) electrons. The van der Waals surface area contributed by atoms with Gasteiger partial charge in [0.2, 0.25) is 0 Å². The summed E-state index contributed by atoms with van der Waals surface area (Å²) in [6, 6.07) is 17.9. The number of halogens is 3. The Bertz CT molecular complexity index is 1430. The number of hydrogen-bond donors (Lipinski definition) is 0. The SMILES string of the molecule is O=C1C(Oc2ccccc2)CCN1CCn1nc2ccc(-c3ccc(OC(F)(F)F)cc3)cn2c1=O. The fourth-order valence-corrected chi connectivity index (χ4v) is 4.10. The van der Waals surface area contributed by atoms with Gasteiger partial charge in [-0.2, -0.15) is 0 Å². The van der Waals surface area contributed by atoms with Crippen molar-refractivity contribution in [1.82, 2.24) is 19.1 Å². The van der Waals surface area contributed by atoms with Crippen molar-refractivity contribution in [2.45, 2.75) is 25.4 Å². The third-order valence-corrected chi connectivity index (χ3v) is 5.85. The number of amides is 1. The summed E-state index contributed by atoms with van der Waals surface area (Å²) in [5, 5.41) is 4.33. The molecule has 1 unspecified atom stereocenters. The van der Waals surface area contributed by atoms with E-state index in [-0.39, 0.29) is 23.9 Å². The summed E-state index contributed by atoms with van der Waals surface area (Å²) in [5.74, 6) is 0.175. The number of aromatic nitrogens is 3. The lowest BCUT2D eigenvalue weighted by Crippen LogP contribution is -2.36. The van der Waals surface area contributed by atoms with E-state index in [9.17, 15) is 22.8 Å². The summed E-state index contributed by atoms with van der Waals surface area (Å²) < 4.78 is 49.5. The quantitative estimate of drug-likeness (QED) is 0.388. The number of benzene rings is 2. The monoisotopic (exact) mass is 498 g/mol. The predicted molar refractivity (Wildman–Crippen MR) is 124 cm³/mol. The van der Waals surface area contributed by atoms with Crippen molar-refractivity contribution in [3.05, 3.63) is 83.4 Å². The first-order valence-electron chi connectivity index (χ1n) is 11.2. The van der Waals surface area contributed by atoms with Crippen LogP contribution in [-0.2, 0) is 11.3 Å². The number of fused-ring (bicyclic) bond motifs is 1. The standard InChI is InChI=1S/C25H21F3N4O4/c26-25(27,28)36-20-9-6-17(7-10-20)18-8-11-22-29-32(24(34)31(22)16-18)15-14-30-13-12-21(23(30)33)35-19-4-2-1-3-5-19/h1-11,16,21H,12-15H2. The van der Waals surface area contributed by atoms with E-state index < -0.39 is 12.5 Å². The van der Waals surface area contributed by atoms with Crippen molar-refractivity contribution < 1.29 is 27.4 Å². The highest BCUT2D eigenvalue weighted by atomic mass is 19.4. The fraction of sp³-hybridized carbons (Fsp3) is 0.240. The number of para-hydroxylation sites is 1. The zero-order valence-electron chi connectivity index (χ0n) is 18.9. The largest absolute Gasteiger partial charge is 0.573 e. The molecule has 11 heteroatoms. The van der Waals surface area contributed by atoms with Crippen molar-refractivity contribution in [3.63, 3.8) is 0 Å². The van der Waals surface area contributed by atoms with Gasteiger partial charge in [0.05, 0.1) is 6.54 Å². The molecule has 3 heterocycles. The Balaban J connectivity index is 1.26. The number of carbonyl (C=O) groups excluding carboxylic acids is 1. The molecule has 5 rings (SSSR count). The maximum Gasteiger partial charge on any atom is 0.573 e. The Morgan fingerprint density at radius 1 is 0.889 bits per heavy atom. The highest BCUT2D eigenvalue weighted by Gasteiger charge is 2.33. The summed E-state index contributed by atoms with van der Waals surface area (Å²) >= 11 is 0. The van der Waals surface area contributed by atoms with Gasteiger partial charge in [-0.25, -0.2) is 13.9 Å². The molecule has 1 fully saturated rings. The molecule has 0 aliphatic carbocycles. The van der Waals surface area contributed by atoms with E-state index in [0.717, 1.165) is 0 Å². The van der Waals surface area contributed by atoms with Crippen LogP contribution >= 0.6 is 0 Å². The molecule has 0 spiro atoms. The molecule has 1 saturated heterocycles. The molecule has 186 valence electrons. The number of likely N-dealkylation sites (tertiary alicyclic amines) is 1. The van der Waals surface area contributed by atoms with Crippen LogP contribution in [0.1, 0.15) is 6.42 Å². The Labute approximate surface area is 203 Å². The minimum Gasteiger partial charge on any atom is -0.481 e. The van der Waals surface area contributed by atoms with Gasteiger partial charge in [0.15, 0.2) is 11.8 Å². The van der Waals surface area contributed by atoms with Crippen molar-refractivity contribution in [2.75, 3.05) is 13.1 Å². The second-order valence-corrected chi connectivity index (χ2v) is 8.26. The molecule has 8 nitrogen and oxygen atoms in total. The molecular formula is C25H21F3N4O4. The van der Waals surface area contributed by atoms with Gasteiger partial charge in [-0.1, -0.05) is 30.3 Å². The molecule has 2 aromatic carbocycles. The second kappa shape index (κ2) is 9.40. The number of ether oxygens (including phenoxy) is 2. The summed E-state index contributed by atoms with van der Waals surface area (Å²) in [6.07, 6.45) is -3.19. The third kappa shape index (κ3) is 5.04. The van der Waals surface area contributed by atoms with Gasteiger partial charge < -0.3 is 14.4 Å². The van der Waals surface area contributed by atoms with Gasteiger partial charge in [-0.05, 0) is 47.5 Å². The molecular weight excluding hydrogens is 477 g/mol. The van der Waals surface area contributed by atoms with E-state index in [4.69, 9.17) is 4.74 Å². The lowest BCUT2D eigenvalue weighted by Gasteiger charge is -2.16. The van der Waals surface area contributed by atoms with Crippen LogP contribution < -0.4 is 15.2 Å². The van der Waals surface area contributed by atoms with Gasteiger partial charge in [0, 0.05) is 25.7 Å². The zero-order chi connectivity index (χ0) is 25.3. The molecule has 1 amide bonds. The Morgan fingerprint density at radius 2 is 1.61 bits per heavy atom. The summed E-state index contributed by atoms with van der Waals surface area (Å²) in [6.45, 7) is 1.05. The van der Waals surface area contributed by atoms with Crippen LogP contribution in [0.15, 0.2) is 77.7 Å². The molecule has 4 aromatic rings. The molecule has 0 saturated carbocycles. The van der Waals surface area contributed by atoms with Crippen LogP contribution in [0.3, 0.4) is 0 Å². The molecule has 36 heavy (non-hydrogen) atoms. The number of pyridine rings is 1. The average Bonchev–Trinajstić information content (AvgIpc) is 3.36. The lowest BCUT2D eigenvalue weighted by molar-refractivity contribution is -0.274. The second-order valence-electron chi connectivity index (χ2n) is 8.26. The Kier molecular flexibility index (Phi) is 6.13. The van der Waals surface area contributed by atoms with E-state index in [1.165, 1.54) is 33.3 Å². The van der Waals surface area contributed by atoms with Gasteiger partial charge in [-0.3, -0.25) is 4.79 Å². The lowest BCUT2D eigenvalue weighted by atomic mass is 10.1. The fourth-order valence-electron chi connectivity index (χ4n) is 4.10. The van der Waals surface area contributed by atoms with Crippen molar-refractivity contribution >= 4 is 11.6 Å². The Morgan fingerprint density at radius 3 is 2.33 bits per heavy atom. The molecule has 0 N–H and O–H groups in total. The normalized spacial score (nSPS) is 16.0. The van der Waals surface area contributed by atoms with Crippen molar-refractivity contribution in [2.24, 2.45) is 0 Å². The maximum absolute atomic E-state index is 12.9. The summed E-state index contributed by atoms with van der Waals surface area (Å²) in [5.41, 5.74) is 1.27. The highest BCUT2D eigenvalue weighted by molar-refractivity contribution is 5.83. The smallest absolute Gasteiger partial charge is 0.481 e. The van der Waals surface area contributed by atoms with Crippen LogP contribution in [0.25, 0.3) is 16.8 Å². The number of hydrogen-bond acceptors (Lipinski definition) is 5. The van der Waals surface area contributed by atoms with Crippen LogP contribution in [0.4, 0.5) is 13.2 Å². The average molecular weight is 498 g/mol. The van der Waals surface area contributed by atoms with E-state index in [1.807, 2.05) is 18.2 Å². The third-order valence-electron chi connectivity index (χ3n) is 5.85. The van der Waals surface area contributed by atoms with Gasteiger partial charge in [-0.15, -0.1) is 18.3 Å². The number of carbonyl (C=O) groups is 1. The minimum atomic E-state index is -4.77. The predicted octanol–water partition coefficient (Wildman–Crippen LogP) is 3.74. The van der Waals surface area contributed by atoms with E-state index in [1.54, 1.807) is 35.4 Å². The van der Waals surface area contributed by atoms with Crippen LogP contribution in [0.2, 0.25) is 0 Å². The molecule has 1 atom stereocenters. The number of nitrogens with zero attached hydrogens (tertiary/aromatic N) is 4. The maximum atomic E-state index is 12.9. The van der Waals surface area contributed by atoms with E-state index >= 15 is 0 Å². The topological polar surface area (TPSA) is 78.1 Å². The van der Waals surface area contributed by atoms with E-state index in [2.05, 4.69) is 9.84 Å². The van der Waals surface area contributed by atoms with Crippen LogP contribution in [0.5, 0.6) is 11.5 Å². The zero-order valence-corrected chi connectivity index (χ0v) is 18.9. The van der Waals surface area contributed by atoms with E-state index in [0.29, 0.717) is 42.0 Å². The first-order chi connectivity index (χ1) is 17.3. The first kappa shape index (κ1) is 23.5. The molecule has 2 aromatic heterocycles. The van der Waals surface area contributed by atoms with Gasteiger partial charge in [0.1, 0.15) is 11.5 Å². The van der Waals surface area contributed by atoms with Gasteiger partial charge in [0.25, 0.3) is 5.91 Å². The van der Waals surface area contributed by atoms with Crippen LogP contribution in [-0.4, -0.2) is 50.5 Å². The Hall–Kier alpha value is -4.28. The number of rotatable bonds is 7. The summed E-state index contributed by atoms with van der Waals surface area (Å²) in [4.78, 5) is 27.3. The van der Waals surface area contributed by atoms with Crippen molar-refractivity contribution in [3.8, 4) is 22.6 Å². The highest BCUT2D eigenvalue weighted by Crippen LogP contribution is 2.26. The van der Waals surface area contributed by atoms with Crippen molar-refractivity contribution in [1.29, 1.82) is 0 Å². The molecule has 1 aliphatic heterocycles. The first-order valence-corrected chi connectivity index (χ1v) is 11.2. The molecule has 0 bridgehead atoms. The van der Waals surface area contributed by atoms with Gasteiger partial charge >= 0.3 is 12.1 Å². The molecule has 1 aliphatic rings. The number of alkyl halides is 3. The minimum absolute atomic E-state index is 0.129. The van der Waals surface area contributed by atoms with Crippen LogP contribution in [0, 0.1) is 0 Å². The summed E-state index contributed by atoms with van der Waals surface area (Å²) in [7, 11) is 0.